The van der Waals surface area contributed by atoms with Crippen LogP contribution in [-0.2, 0) is 0 Å². The molecule has 0 unspecified atom stereocenters. The number of pyridine rings is 1. The Hall–Kier alpha value is -3.63. The van der Waals surface area contributed by atoms with Crippen LogP contribution in [-0.4, -0.2) is 62.8 Å². The van der Waals surface area contributed by atoms with Crippen molar-refractivity contribution in [1.82, 2.24) is 24.9 Å². The number of amides is 1. The molecule has 1 aliphatic heterocycles. The number of carbonyl (C=O) groups is 1. The molecule has 2 aromatic heterocycles. The van der Waals surface area contributed by atoms with Crippen molar-refractivity contribution in [3.8, 4) is 17.3 Å². The van der Waals surface area contributed by atoms with Crippen LogP contribution in [0, 0.1) is 0 Å². The van der Waals surface area contributed by atoms with Gasteiger partial charge in [0.2, 0.25) is 5.88 Å². The molecule has 0 N–H and O–H groups in total. The Bertz CT molecular complexity index is 1060. The lowest BCUT2D eigenvalue weighted by Crippen LogP contribution is -2.44. The Morgan fingerprint density at radius 1 is 1.12 bits per heavy atom. The number of benzene rings is 1. The van der Waals surface area contributed by atoms with E-state index in [1.165, 1.54) is 35.5 Å². The molecule has 32 heavy (non-hydrogen) atoms. The summed E-state index contributed by atoms with van der Waals surface area (Å²) in [5.41, 5.74) is 1.03. The maximum absolute atomic E-state index is 13.2. The number of nitrogens with zero attached hydrogens (tertiary/aromatic N) is 5. The molecule has 168 valence electrons. The fourth-order valence-corrected chi connectivity index (χ4v) is 3.44. The maximum Gasteiger partial charge on any atom is 0.422 e. The molecule has 1 fully saturated rings. The van der Waals surface area contributed by atoms with Gasteiger partial charge in [-0.3, -0.25) is 4.79 Å². The summed E-state index contributed by atoms with van der Waals surface area (Å²) < 4.78 is 47.7. The quantitative estimate of drug-likeness (QED) is 0.577. The van der Waals surface area contributed by atoms with Gasteiger partial charge in [0, 0.05) is 18.8 Å². The molecule has 1 atom stereocenters. The van der Waals surface area contributed by atoms with E-state index in [1.807, 2.05) is 0 Å². The Balaban J connectivity index is 1.43. The van der Waals surface area contributed by atoms with Gasteiger partial charge in [-0.15, -0.1) is 0 Å². The van der Waals surface area contributed by atoms with Gasteiger partial charge >= 0.3 is 6.18 Å². The summed E-state index contributed by atoms with van der Waals surface area (Å²) >= 11 is 0. The number of piperidine rings is 1. The third-order valence-corrected chi connectivity index (χ3v) is 4.83. The third kappa shape index (κ3) is 5.34. The van der Waals surface area contributed by atoms with Gasteiger partial charge in [0.25, 0.3) is 5.91 Å². The summed E-state index contributed by atoms with van der Waals surface area (Å²) in [6, 6.07) is 9.70. The van der Waals surface area contributed by atoms with Crippen LogP contribution in [0.2, 0.25) is 0 Å². The predicted molar refractivity (Wildman–Crippen MR) is 107 cm³/mol. The molecule has 0 radical (unpaired) electrons. The molecular formula is C21H20F3N5O3. The lowest BCUT2D eigenvalue weighted by Gasteiger charge is -2.33. The molecule has 11 heteroatoms. The van der Waals surface area contributed by atoms with Gasteiger partial charge < -0.3 is 14.4 Å². The average molecular weight is 447 g/mol. The fraction of sp³-hybridized carbons (Fsp3) is 0.333. The second kappa shape index (κ2) is 9.25. The SMILES string of the molecule is O=C(c1ccccc1-n1nccn1)N1CCC[C@@H](Oc2cc(OCC(F)(F)F)ccn2)C1. The van der Waals surface area contributed by atoms with Crippen molar-refractivity contribution in [1.29, 1.82) is 0 Å². The first-order valence-electron chi connectivity index (χ1n) is 9.96. The Morgan fingerprint density at radius 3 is 2.69 bits per heavy atom. The smallest absolute Gasteiger partial charge is 0.422 e. The van der Waals surface area contributed by atoms with E-state index in [0.29, 0.717) is 37.2 Å². The number of hydrogen-bond donors (Lipinski definition) is 0. The molecule has 3 heterocycles. The van der Waals surface area contributed by atoms with Crippen LogP contribution < -0.4 is 9.47 Å². The van der Waals surface area contributed by atoms with Crippen LogP contribution in [0.1, 0.15) is 23.2 Å². The van der Waals surface area contributed by atoms with Crippen LogP contribution in [0.4, 0.5) is 13.2 Å². The highest BCUT2D eigenvalue weighted by Crippen LogP contribution is 2.24. The standard InChI is InChI=1S/C21H20F3N5O3/c22-21(23,24)14-31-15-7-8-25-19(12-15)32-16-4-3-11-28(13-16)20(30)17-5-1-2-6-18(17)29-26-9-10-27-29/h1-2,5-10,12,16H,3-4,11,13-14H2/t16-/m1/s1. The van der Waals surface area contributed by atoms with Crippen LogP contribution in [0.3, 0.4) is 0 Å². The van der Waals surface area contributed by atoms with Gasteiger partial charge in [0.05, 0.1) is 30.2 Å². The van der Waals surface area contributed by atoms with Crippen molar-refractivity contribution >= 4 is 5.91 Å². The topological polar surface area (TPSA) is 82.4 Å². The van der Waals surface area contributed by atoms with Crippen molar-refractivity contribution in [3.63, 3.8) is 0 Å². The molecule has 1 aromatic carbocycles. The van der Waals surface area contributed by atoms with Gasteiger partial charge in [0.15, 0.2) is 6.61 Å². The van der Waals surface area contributed by atoms with Crippen LogP contribution in [0.25, 0.3) is 5.69 Å². The number of likely N-dealkylation sites (tertiary alicyclic amines) is 1. The van der Waals surface area contributed by atoms with Crippen LogP contribution >= 0.6 is 0 Å². The summed E-state index contributed by atoms with van der Waals surface area (Å²) in [5, 5.41) is 8.21. The van der Waals surface area contributed by atoms with E-state index in [9.17, 15) is 18.0 Å². The summed E-state index contributed by atoms with van der Waals surface area (Å²) in [6.07, 6.45) is 0.992. The van der Waals surface area contributed by atoms with E-state index < -0.39 is 12.8 Å². The lowest BCUT2D eigenvalue weighted by atomic mass is 10.1. The van der Waals surface area contributed by atoms with Gasteiger partial charge in [-0.1, -0.05) is 12.1 Å². The van der Waals surface area contributed by atoms with E-state index in [2.05, 4.69) is 15.2 Å². The van der Waals surface area contributed by atoms with Gasteiger partial charge in [-0.25, -0.2) is 4.98 Å². The van der Waals surface area contributed by atoms with Crippen LogP contribution in [0.15, 0.2) is 55.0 Å². The zero-order chi connectivity index (χ0) is 22.6. The highest BCUT2D eigenvalue weighted by Gasteiger charge is 2.29. The van der Waals surface area contributed by atoms with Crippen molar-refractivity contribution in [3.05, 3.63) is 60.6 Å². The molecule has 3 aromatic rings. The molecule has 4 rings (SSSR count). The number of para-hydroxylation sites is 1. The number of halogens is 3. The van der Waals surface area contributed by atoms with E-state index in [0.717, 1.165) is 0 Å². The van der Waals surface area contributed by atoms with Crippen molar-refractivity contribution < 1.29 is 27.4 Å². The van der Waals surface area contributed by atoms with Crippen molar-refractivity contribution in [2.24, 2.45) is 0 Å². The first kappa shape index (κ1) is 21.6. The Kier molecular flexibility index (Phi) is 6.24. The van der Waals surface area contributed by atoms with Gasteiger partial charge in [-0.2, -0.15) is 28.2 Å². The van der Waals surface area contributed by atoms with E-state index in [1.54, 1.807) is 29.2 Å². The second-order valence-corrected chi connectivity index (χ2v) is 7.20. The molecule has 1 saturated heterocycles. The highest BCUT2D eigenvalue weighted by atomic mass is 19.4. The number of ether oxygens (including phenoxy) is 2. The summed E-state index contributed by atoms with van der Waals surface area (Å²) in [7, 11) is 0. The summed E-state index contributed by atoms with van der Waals surface area (Å²) in [6.45, 7) is -0.524. The van der Waals surface area contributed by atoms with E-state index >= 15 is 0 Å². The van der Waals surface area contributed by atoms with E-state index in [4.69, 9.17) is 9.47 Å². The third-order valence-electron chi connectivity index (χ3n) is 4.83. The fourth-order valence-electron chi connectivity index (χ4n) is 3.44. The lowest BCUT2D eigenvalue weighted by molar-refractivity contribution is -0.153. The number of aromatic nitrogens is 4. The first-order chi connectivity index (χ1) is 15.4. The first-order valence-corrected chi connectivity index (χ1v) is 9.96. The Morgan fingerprint density at radius 2 is 1.91 bits per heavy atom. The van der Waals surface area contributed by atoms with Gasteiger partial charge in [0.1, 0.15) is 11.9 Å². The molecule has 0 spiro atoms. The average Bonchev–Trinajstić information content (AvgIpc) is 3.32. The minimum atomic E-state index is -4.43. The molecule has 1 aliphatic rings. The van der Waals surface area contributed by atoms with Gasteiger partial charge in [-0.05, 0) is 31.0 Å². The predicted octanol–water partition coefficient (Wildman–Crippen LogP) is 3.29. The number of alkyl halides is 3. The zero-order valence-electron chi connectivity index (χ0n) is 16.9. The summed E-state index contributed by atoms with van der Waals surface area (Å²) in [5.74, 6) is -0.0248. The second-order valence-electron chi connectivity index (χ2n) is 7.20. The van der Waals surface area contributed by atoms with E-state index in [-0.39, 0.29) is 23.6 Å². The largest absolute Gasteiger partial charge is 0.484 e. The van der Waals surface area contributed by atoms with Crippen molar-refractivity contribution in [2.75, 3.05) is 19.7 Å². The minimum Gasteiger partial charge on any atom is -0.484 e. The van der Waals surface area contributed by atoms with Crippen LogP contribution in [0.5, 0.6) is 11.6 Å². The normalized spacial score (nSPS) is 16.6. The molecule has 0 saturated carbocycles. The maximum atomic E-state index is 13.2. The number of rotatable bonds is 6. The molecule has 8 nitrogen and oxygen atoms in total. The molecule has 0 aliphatic carbocycles. The molecular weight excluding hydrogens is 427 g/mol. The Labute approximate surface area is 181 Å². The van der Waals surface area contributed by atoms with Crippen molar-refractivity contribution in [2.45, 2.75) is 25.1 Å². The number of hydrogen-bond acceptors (Lipinski definition) is 6. The monoisotopic (exact) mass is 447 g/mol. The molecule has 0 bridgehead atoms. The highest BCUT2D eigenvalue weighted by molar-refractivity contribution is 5.97. The number of carbonyl (C=O) groups excluding carboxylic acids is 1. The summed E-state index contributed by atoms with van der Waals surface area (Å²) in [4.78, 5) is 20.3. The zero-order valence-corrected chi connectivity index (χ0v) is 16.9. The minimum absolute atomic E-state index is 0.0108. The molecule has 1 amide bonds.